The van der Waals surface area contributed by atoms with Gasteiger partial charge in [-0.3, -0.25) is 9.59 Å². The summed E-state index contributed by atoms with van der Waals surface area (Å²) >= 11 is 0. The first-order chi connectivity index (χ1) is 16.3. The molecule has 0 heterocycles. The lowest BCUT2D eigenvalue weighted by molar-refractivity contribution is -0.141. The van der Waals surface area contributed by atoms with Crippen LogP contribution < -0.4 is 10.6 Å². The highest BCUT2D eigenvalue weighted by atomic mass is 16.5. The van der Waals surface area contributed by atoms with Crippen molar-refractivity contribution in [3.8, 4) is 11.1 Å². The Hall–Kier alpha value is -3.39. The van der Waals surface area contributed by atoms with E-state index in [1.165, 1.54) is 0 Å². The highest BCUT2D eigenvalue weighted by molar-refractivity contribution is 5.86. The number of carboxylic acids is 1. The van der Waals surface area contributed by atoms with E-state index in [0.29, 0.717) is 25.8 Å². The molecule has 0 aromatic heterocycles. The second-order valence-electron chi connectivity index (χ2n) is 9.34. The third-order valence-electron chi connectivity index (χ3n) is 6.63. The van der Waals surface area contributed by atoms with Crippen LogP contribution in [-0.4, -0.2) is 67.3 Å². The molecule has 0 spiro atoms. The van der Waals surface area contributed by atoms with Crippen molar-refractivity contribution in [1.29, 1.82) is 0 Å². The van der Waals surface area contributed by atoms with Crippen LogP contribution in [0.3, 0.4) is 0 Å². The normalized spacial score (nSPS) is 19.9. The van der Waals surface area contributed by atoms with Crippen molar-refractivity contribution in [2.24, 2.45) is 5.92 Å². The van der Waals surface area contributed by atoms with Gasteiger partial charge in [0.25, 0.3) is 0 Å². The van der Waals surface area contributed by atoms with E-state index in [1.807, 2.05) is 43.3 Å². The van der Waals surface area contributed by atoms with Crippen LogP contribution >= 0.6 is 0 Å². The fourth-order valence-electron chi connectivity index (χ4n) is 4.98. The summed E-state index contributed by atoms with van der Waals surface area (Å²) in [7, 11) is 3.63. The quantitative estimate of drug-likeness (QED) is 0.553. The van der Waals surface area contributed by atoms with E-state index in [2.05, 4.69) is 34.9 Å². The molecule has 34 heavy (non-hydrogen) atoms. The minimum absolute atomic E-state index is 0.0642. The zero-order valence-corrected chi connectivity index (χ0v) is 19.5. The average Bonchev–Trinajstić information content (AvgIpc) is 3.40. The molecule has 1 unspecified atom stereocenters. The van der Waals surface area contributed by atoms with Crippen LogP contribution in [0.4, 0.5) is 4.79 Å². The van der Waals surface area contributed by atoms with E-state index in [-0.39, 0.29) is 24.5 Å². The maximum atomic E-state index is 12.9. The van der Waals surface area contributed by atoms with Crippen LogP contribution in [-0.2, 0) is 14.3 Å². The molecule has 0 saturated heterocycles. The average molecular weight is 466 g/mol. The molecular weight excluding hydrogens is 434 g/mol. The van der Waals surface area contributed by atoms with Crippen LogP contribution in [0, 0.1) is 5.92 Å². The van der Waals surface area contributed by atoms with E-state index in [1.54, 1.807) is 0 Å². The lowest BCUT2D eigenvalue weighted by Gasteiger charge is -2.24. The Morgan fingerprint density at radius 1 is 1.03 bits per heavy atom. The standard InChI is InChI=1S/C26H31N3O5/c1-29(2)14-23(24(30)27-17-12-11-16(13-17)25(31)32)28-26(33)34-15-22-20-9-5-3-7-18(20)19-8-4-6-10-21(19)22/h3-10,16-17,22-23H,11-15H2,1-2H3,(H,27,30)(H,28,33)(H,31,32)/t16-,17+,23?/m0/s1. The summed E-state index contributed by atoms with van der Waals surface area (Å²) in [6, 6.07) is 15.2. The van der Waals surface area contributed by atoms with Gasteiger partial charge >= 0.3 is 12.1 Å². The van der Waals surface area contributed by atoms with Crippen molar-refractivity contribution in [3.05, 3.63) is 59.7 Å². The Labute approximate surface area is 199 Å². The molecule has 3 atom stereocenters. The van der Waals surface area contributed by atoms with Crippen molar-refractivity contribution in [1.82, 2.24) is 15.5 Å². The first-order valence-electron chi connectivity index (χ1n) is 11.6. The topological polar surface area (TPSA) is 108 Å². The zero-order chi connectivity index (χ0) is 24.2. The molecule has 180 valence electrons. The van der Waals surface area contributed by atoms with Gasteiger partial charge in [0.15, 0.2) is 0 Å². The number of likely N-dealkylation sites (N-methyl/N-ethyl adjacent to an activating group) is 1. The second-order valence-corrected chi connectivity index (χ2v) is 9.34. The van der Waals surface area contributed by atoms with Gasteiger partial charge in [0.05, 0.1) is 5.92 Å². The molecule has 0 bridgehead atoms. The van der Waals surface area contributed by atoms with Crippen molar-refractivity contribution in [3.63, 3.8) is 0 Å². The monoisotopic (exact) mass is 465 g/mol. The third kappa shape index (κ3) is 5.22. The summed E-state index contributed by atoms with van der Waals surface area (Å²) in [6.07, 6.45) is 0.903. The van der Waals surface area contributed by atoms with Gasteiger partial charge in [-0.1, -0.05) is 48.5 Å². The third-order valence-corrected chi connectivity index (χ3v) is 6.63. The van der Waals surface area contributed by atoms with E-state index in [4.69, 9.17) is 4.74 Å². The summed E-state index contributed by atoms with van der Waals surface area (Å²) in [6.45, 7) is 0.462. The summed E-state index contributed by atoms with van der Waals surface area (Å²) < 4.78 is 5.59. The minimum Gasteiger partial charge on any atom is -0.481 e. The zero-order valence-electron chi connectivity index (χ0n) is 19.5. The molecule has 2 amide bonds. The highest BCUT2D eigenvalue weighted by Gasteiger charge is 2.33. The van der Waals surface area contributed by atoms with Gasteiger partial charge in [0, 0.05) is 18.5 Å². The van der Waals surface area contributed by atoms with Crippen molar-refractivity contribution in [2.75, 3.05) is 27.2 Å². The summed E-state index contributed by atoms with van der Waals surface area (Å²) in [5.74, 6) is -1.67. The number of nitrogens with one attached hydrogen (secondary N) is 2. The molecule has 2 aliphatic rings. The Morgan fingerprint density at radius 2 is 1.65 bits per heavy atom. The number of ether oxygens (including phenoxy) is 1. The molecule has 3 N–H and O–H groups in total. The Morgan fingerprint density at radius 3 is 2.21 bits per heavy atom. The lowest BCUT2D eigenvalue weighted by Crippen LogP contribution is -2.53. The number of carbonyl (C=O) groups is 3. The van der Waals surface area contributed by atoms with E-state index in [9.17, 15) is 19.5 Å². The Bertz CT molecular complexity index is 1020. The molecule has 0 aliphatic heterocycles. The summed E-state index contributed by atoms with van der Waals surface area (Å²) in [5.41, 5.74) is 4.53. The van der Waals surface area contributed by atoms with Gasteiger partial charge in [-0.05, 0) is 55.6 Å². The number of carboxylic acid groups (broad SMARTS) is 1. The number of aliphatic carboxylic acids is 1. The first kappa shape index (κ1) is 23.8. The van der Waals surface area contributed by atoms with E-state index < -0.39 is 24.0 Å². The molecule has 1 saturated carbocycles. The molecular formula is C26H31N3O5. The molecule has 4 rings (SSSR count). The van der Waals surface area contributed by atoms with Gasteiger partial charge in [-0.2, -0.15) is 0 Å². The maximum Gasteiger partial charge on any atom is 0.407 e. The van der Waals surface area contributed by atoms with Crippen LogP contribution in [0.5, 0.6) is 0 Å². The van der Waals surface area contributed by atoms with E-state index in [0.717, 1.165) is 22.3 Å². The number of fused-ring (bicyclic) bond motifs is 3. The predicted octanol–water partition coefficient (Wildman–Crippen LogP) is 2.82. The number of rotatable bonds is 8. The SMILES string of the molecule is CN(C)CC(NC(=O)OCC1c2ccccc2-c2ccccc21)C(=O)N[C@@H]1CC[C@H](C(=O)O)C1. The van der Waals surface area contributed by atoms with Gasteiger partial charge in [-0.15, -0.1) is 0 Å². The van der Waals surface area contributed by atoms with Crippen LogP contribution in [0.1, 0.15) is 36.3 Å². The lowest BCUT2D eigenvalue weighted by atomic mass is 9.98. The largest absolute Gasteiger partial charge is 0.481 e. The summed E-state index contributed by atoms with van der Waals surface area (Å²) in [4.78, 5) is 38.6. The Balaban J connectivity index is 1.37. The maximum absolute atomic E-state index is 12.9. The molecule has 1 fully saturated rings. The number of alkyl carbamates (subject to hydrolysis) is 1. The predicted molar refractivity (Wildman–Crippen MR) is 127 cm³/mol. The molecule has 2 aromatic rings. The van der Waals surface area contributed by atoms with E-state index >= 15 is 0 Å². The number of hydrogen-bond acceptors (Lipinski definition) is 5. The minimum atomic E-state index is -0.835. The highest BCUT2D eigenvalue weighted by Crippen LogP contribution is 2.44. The number of carbonyl (C=O) groups excluding carboxylic acids is 2. The van der Waals surface area contributed by atoms with Crippen LogP contribution in [0.15, 0.2) is 48.5 Å². The van der Waals surface area contributed by atoms with Crippen LogP contribution in [0.2, 0.25) is 0 Å². The Kier molecular flexibility index (Phi) is 7.17. The van der Waals surface area contributed by atoms with Gasteiger partial charge in [-0.25, -0.2) is 4.79 Å². The fraction of sp³-hybridized carbons (Fsp3) is 0.423. The van der Waals surface area contributed by atoms with Crippen LogP contribution in [0.25, 0.3) is 11.1 Å². The van der Waals surface area contributed by atoms with Crippen molar-refractivity contribution < 1.29 is 24.2 Å². The second kappa shape index (κ2) is 10.3. The number of amides is 2. The van der Waals surface area contributed by atoms with Gasteiger partial charge in [0.1, 0.15) is 12.6 Å². The van der Waals surface area contributed by atoms with Crippen molar-refractivity contribution >= 4 is 18.0 Å². The fourth-order valence-corrected chi connectivity index (χ4v) is 4.98. The number of benzene rings is 2. The molecule has 2 aliphatic carbocycles. The first-order valence-corrected chi connectivity index (χ1v) is 11.6. The molecule has 0 radical (unpaired) electrons. The molecule has 2 aromatic carbocycles. The molecule has 8 heteroatoms. The number of hydrogen-bond donors (Lipinski definition) is 3. The molecule has 8 nitrogen and oxygen atoms in total. The van der Waals surface area contributed by atoms with Crippen molar-refractivity contribution in [2.45, 2.75) is 37.3 Å². The number of nitrogens with zero attached hydrogens (tertiary/aromatic N) is 1. The van der Waals surface area contributed by atoms with Gasteiger partial charge in [0.2, 0.25) is 5.91 Å². The summed E-state index contributed by atoms with van der Waals surface area (Å²) in [5, 5.41) is 14.8. The van der Waals surface area contributed by atoms with Gasteiger partial charge < -0.3 is 25.4 Å². The smallest absolute Gasteiger partial charge is 0.407 e.